The summed E-state index contributed by atoms with van der Waals surface area (Å²) in [4.78, 5) is 3.96. The average molecular weight is 220 g/mol. The van der Waals surface area contributed by atoms with Crippen LogP contribution in [-0.4, -0.2) is 10.9 Å². The molecule has 0 unspecified atom stereocenters. The Morgan fingerprint density at radius 2 is 2.50 bits per heavy atom. The van der Waals surface area contributed by atoms with Crippen molar-refractivity contribution in [1.29, 1.82) is 0 Å². The molecule has 0 aromatic carbocycles. The number of nitrogens with zero attached hydrogens (tertiary/aromatic N) is 1. The summed E-state index contributed by atoms with van der Waals surface area (Å²) in [5.41, 5.74) is 0. The second-order valence-corrected chi connectivity index (χ2v) is 3.37. The Hall–Kier alpha value is -0.220. The van der Waals surface area contributed by atoms with E-state index < -0.39 is 0 Å². The predicted octanol–water partition coefficient (Wildman–Crippen LogP) is 2.46. The first-order valence-electron chi connectivity index (χ1n) is 2.71. The predicted molar refractivity (Wildman–Crippen MR) is 46.3 cm³/mol. The molecular weight excluding hydrogens is 214 g/mol. The minimum atomic E-state index is 0.580. The van der Waals surface area contributed by atoms with Crippen molar-refractivity contribution in [2.24, 2.45) is 0 Å². The van der Waals surface area contributed by atoms with Crippen LogP contribution in [0.3, 0.4) is 0 Å². The lowest BCUT2D eigenvalue weighted by Gasteiger charge is -1.99. The summed E-state index contributed by atoms with van der Waals surface area (Å²) >= 11 is 3.17. The van der Waals surface area contributed by atoms with Crippen molar-refractivity contribution in [2.75, 3.05) is 5.94 Å². The van der Waals surface area contributed by atoms with Gasteiger partial charge in [-0.15, -0.1) is 0 Å². The number of pyridine rings is 1. The third-order valence-corrected chi connectivity index (χ3v) is 1.66. The van der Waals surface area contributed by atoms with Crippen LogP contribution < -0.4 is 4.74 Å². The van der Waals surface area contributed by atoms with Crippen LogP contribution >= 0.6 is 25.0 Å². The first-order valence-corrected chi connectivity index (χ1v) is 5.53. The van der Waals surface area contributed by atoms with Crippen LogP contribution in [0.5, 0.6) is 5.88 Å². The molecule has 1 rings (SSSR count). The van der Waals surface area contributed by atoms with E-state index >= 15 is 0 Å². The molecule has 0 amide bonds. The highest BCUT2D eigenvalue weighted by Crippen LogP contribution is 2.12. The van der Waals surface area contributed by atoms with E-state index in [0.29, 0.717) is 11.8 Å². The molecule has 1 heterocycles. The van der Waals surface area contributed by atoms with Crippen molar-refractivity contribution in [3.8, 4) is 5.88 Å². The summed E-state index contributed by atoms with van der Waals surface area (Å²) < 4.78 is 5.16. The number of aromatic nitrogens is 1. The maximum absolute atomic E-state index is 5.16. The van der Waals surface area contributed by atoms with Gasteiger partial charge in [0, 0.05) is 12.3 Å². The van der Waals surface area contributed by atoms with E-state index in [1.165, 1.54) is 10.2 Å². The summed E-state index contributed by atoms with van der Waals surface area (Å²) in [6.45, 7) is 0. The molecule has 10 heavy (non-hydrogen) atoms. The zero-order chi connectivity index (χ0) is 7.23. The molecule has 1 aromatic rings. The molecular formula is C6H6BrNOS. The van der Waals surface area contributed by atoms with E-state index in [9.17, 15) is 0 Å². The van der Waals surface area contributed by atoms with Crippen molar-refractivity contribution >= 4 is 25.0 Å². The summed E-state index contributed by atoms with van der Waals surface area (Å²) in [5.74, 6) is 1.24. The van der Waals surface area contributed by atoms with Crippen molar-refractivity contribution in [3.05, 3.63) is 24.4 Å². The van der Waals surface area contributed by atoms with Crippen molar-refractivity contribution < 1.29 is 4.74 Å². The van der Waals surface area contributed by atoms with Crippen molar-refractivity contribution in [3.63, 3.8) is 0 Å². The van der Waals surface area contributed by atoms with Gasteiger partial charge in [-0.05, 0) is 31.1 Å². The van der Waals surface area contributed by atoms with E-state index in [4.69, 9.17) is 4.74 Å². The van der Waals surface area contributed by atoms with Gasteiger partial charge in [0.2, 0.25) is 5.88 Å². The number of hydrogen-bond donors (Lipinski definition) is 0. The van der Waals surface area contributed by atoms with Gasteiger partial charge < -0.3 is 4.74 Å². The highest BCUT2D eigenvalue weighted by molar-refractivity contribution is 9.50. The lowest BCUT2D eigenvalue weighted by molar-refractivity contribution is 0.378. The standard InChI is InChI=1S/C6H6BrNOS/c7-10-5-9-6-3-1-2-4-8-6/h1-4H,5H2. The zero-order valence-electron chi connectivity index (χ0n) is 5.16. The molecule has 0 N–H and O–H groups in total. The highest BCUT2D eigenvalue weighted by atomic mass is 79.9. The average Bonchev–Trinajstić information content (AvgIpc) is 2.03. The monoisotopic (exact) mass is 219 g/mol. The Labute approximate surface area is 71.2 Å². The smallest absolute Gasteiger partial charge is 0.214 e. The highest BCUT2D eigenvalue weighted by Gasteiger charge is 1.89. The molecule has 0 aliphatic carbocycles. The quantitative estimate of drug-likeness (QED) is 0.730. The lowest BCUT2D eigenvalue weighted by Crippen LogP contribution is -1.91. The maximum Gasteiger partial charge on any atom is 0.214 e. The number of halogens is 1. The van der Waals surface area contributed by atoms with Gasteiger partial charge in [-0.3, -0.25) is 0 Å². The largest absolute Gasteiger partial charge is 0.466 e. The molecule has 0 atom stereocenters. The Morgan fingerprint density at radius 3 is 3.10 bits per heavy atom. The Kier molecular flexibility index (Phi) is 3.60. The maximum atomic E-state index is 5.16. The molecule has 0 radical (unpaired) electrons. The summed E-state index contributed by atoms with van der Waals surface area (Å²) in [5, 5.41) is 0. The number of hydrogen-bond acceptors (Lipinski definition) is 3. The SMILES string of the molecule is BrSCOc1ccccn1. The van der Waals surface area contributed by atoms with Gasteiger partial charge in [0.15, 0.2) is 0 Å². The van der Waals surface area contributed by atoms with E-state index in [1.807, 2.05) is 18.2 Å². The van der Waals surface area contributed by atoms with Crippen LogP contribution in [0.2, 0.25) is 0 Å². The van der Waals surface area contributed by atoms with Crippen LogP contribution in [0.25, 0.3) is 0 Å². The third kappa shape index (κ3) is 2.58. The minimum Gasteiger partial charge on any atom is -0.466 e. The van der Waals surface area contributed by atoms with E-state index in [1.54, 1.807) is 6.20 Å². The van der Waals surface area contributed by atoms with E-state index in [2.05, 4.69) is 19.8 Å². The molecule has 4 heteroatoms. The Balaban J connectivity index is 2.43. The summed E-state index contributed by atoms with van der Waals surface area (Å²) in [6, 6.07) is 5.57. The lowest BCUT2D eigenvalue weighted by atomic mass is 10.5. The fourth-order valence-electron chi connectivity index (χ4n) is 0.515. The number of ether oxygens (including phenoxy) is 1. The second-order valence-electron chi connectivity index (χ2n) is 1.54. The minimum absolute atomic E-state index is 0.580. The molecule has 0 saturated heterocycles. The first kappa shape index (κ1) is 7.88. The van der Waals surface area contributed by atoms with Gasteiger partial charge in [-0.1, -0.05) is 6.07 Å². The number of rotatable bonds is 3. The van der Waals surface area contributed by atoms with Gasteiger partial charge in [-0.25, -0.2) is 4.98 Å². The van der Waals surface area contributed by atoms with E-state index in [-0.39, 0.29) is 0 Å². The zero-order valence-corrected chi connectivity index (χ0v) is 7.56. The van der Waals surface area contributed by atoms with Gasteiger partial charge in [0.25, 0.3) is 0 Å². The Bertz CT molecular complexity index is 182. The first-order chi connectivity index (χ1) is 4.93. The fraction of sp³-hybridized carbons (Fsp3) is 0.167. The van der Waals surface area contributed by atoms with Crippen molar-refractivity contribution in [2.45, 2.75) is 0 Å². The molecule has 1 aromatic heterocycles. The summed E-state index contributed by atoms with van der Waals surface area (Å²) in [6.07, 6.45) is 1.70. The second kappa shape index (κ2) is 4.57. The van der Waals surface area contributed by atoms with Crippen molar-refractivity contribution in [1.82, 2.24) is 4.98 Å². The van der Waals surface area contributed by atoms with Gasteiger partial charge in [0.05, 0.1) is 0 Å². The normalized spacial score (nSPS) is 9.30. The third-order valence-electron chi connectivity index (χ3n) is 0.889. The van der Waals surface area contributed by atoms with Crippen LogP contribution in [-0.2, 0) is 0 Å². The topological polar surface area (TPSA) is 22.1 Å². The molecule has 0 aliphatic rings. The molecule has 0 aliphatic heterocycles. The van der Waals surface area contributed by atoms with Gasteiger partial charge in [-0.2, -0.15) is 0 Å². The van der Waals surface area contributed by atoms with E-state index in [0.717, 1.165) is 0 Å². The molecule has 54 valence electrons. The van der Waals surface area contributed by atoms with Crippen LogP contribution in [0, 0.1) is 0 Å². The van der Waals surface area contributed by atoms with Gasteiger partial charge >= 0.3 is 0 Å². The van der Waals surface area contributed by atoms with Gasteiger partial charge in [0.1, 0.15) is 5.94 Å². The van der Waals surface area contributed by atoms with Crippen LogP contribution in [0.4, 0.5) is 0 Å². The fourth-order valence-corrected chi connectivity index (χ4v) is 0.961. The van der Waals surface area contributed by atoms with Crippen LogP contribution in [0.1, 0.15) is 0 Å². The summed E-state index contributed by atoms with van der Waals surface area (Å²) in [7, 11) is 1.45. The molecule has 0 saturated carbocycles. The molecule has 2 nitrogen and oxygen atoms in total. The Morgan fingerprint density at radius 1 is 1.60 bits per heavy atom. The molecule has 0 spiro atoms. The molecule has 0 bridgehead atoms. The van der Waals surface area contributed by atoms with Crippen LogP contribution in [0.15, 0.2) is 24.4 Å². The molecule has 0 fully saturated rings.